The minimum absolute atomic E-state index is 0.0203. The van der Waals surface area contributed by atoms with E-state index in [1.165, 1.54) is 0 Å². The van der Waals surface area contributed by atoms with E-state index < -0.39 is 0 Å². The number of rotatable bonds is 9. The van der Waals surface area contributed by atoms with Crippen LogP contribution < -0.4 is 0 Å². The molecule has 1 aromatic rings. The van der Waals surface area contributed by atoms with Crippen molar-refractivity contribution in [2.24, 2.45) is 5.92 Å². The summed E-state index contributed by atoms with van der Waals surface area (Å²) in [4.78, 5) is 23.7. The summed E-state index contributed by atoms with van der Waals surface area (Å²) in [5.41, 5.74) is 1.08. The Morgan fingerprint density at radius 2 is 1.81 bits per heavy atom. The Morgan fingerprint density at radius 1 is 1.14 bits per heavy atom. The molecule has 116 valence electrons. The van der Waals surface area contributed by atoms with Gasteiger partial charge in [0.15, 0.2) is 0 Å². The van der Waals surface area contributed by atoms with Crippen LogP contribution in [0.15, 0.2) is 30.3 Å². The molecule has 1 aromatic carbocycles. The highest BCUT2D eigenvalue weighted by Crippen LogP contribution is 2.27. The molecule has 3 heteroatoms. The third-order valence-corrected chi connectivity index (χ3v) is 3.85. The summed E-state index contributed by atoms with van der Waals surface area (Å²) in [5.74, 6) is -0.524. The molecule has 2 atom stereocenters. The number of carbonyl (C=O) groups is 2. The normalized spacial score (nSPS) is 13.5. The Hall–Kier alpha value is -1.64. The Labute approximate surface area is 127 Å². The maximum atomic E-state index is 11.9. The van der Waals surface area contributed by atoms with Crippen LogP contribution in [-0.2, 0) is 14.3 Å². The lowest BCUT2D eigenvalue weighted by atomic mass is 9.83. The molecule has 0 fully saturated rings. The standard InChI is InChI=1S/C18H26O3/c1-4-5-9-12-21-18(20)13-17(15(3)19)14(2)16-10-7-6-8-11-16/h6-8,10-11,14,17H,4-5,9,12-13H2,1-3H3. The minimum atomic E-state index is -0.314. The zero-order chi connectivity index (χ0) is 15.7. The van der Waals surface area contributed by atoms with E-state index >= 15 is 0 Å². The van der Waals surface area contributed by atoms with Gasteiger partial charge in [-0.15, -0.1) is 0 Å². The fourth-order valence-electron chi connectivity index (χ4n) is 2.44. The van der Waals surface area contributed by atoms with Crippen molar-refractivity contribution in [3.8, 4) is 0 Å². The van der Waals surface area contributed by atoms with E-state index in [0.29, 0.717) is 6.61 Å². The Balaban J connectivity index is 2.57. The maximum Gasteiger partial charge on any atom is 0.306 e. The second-order valence-electron chi connectivity index (χ2n) is 5.55. The molecule has 0 amide bonds. The summed E-state index contributed by atoms with van der Waals surface area (Å²) < 4.78 is 5.22. The van der Waals surface area contributed by atoms with Gasteiger partial charge in [0, 0.05) is 5.92 Å². The van der Waals surface area contributed by atoms with Gasteiger partial charge in [-0.05, 0) is 24.8 Å². The molecule has 0 aliphatic heterocycles. The first kappa shape index (κ1) is 17.4. The van der Waals surface area contributed by atoms with Crippen molar-refractivity contribution >= 4 is 11.8 Å². The smallest absolute Gasteiger partial charge is 0.306 e. The molecule has 0 saturated heterocycles. The summed E-state index contributed by atoms with van der Waals surface area (Å²) in [7, 11) is 0. The van der Waals surface area contributed by atoms with Crippen LogP contribution in [0.2, 0.25) is 0 Å². The number of Topliss-reactive ketones (excluding diaryl/α,β-unsaturated/α-hetero) is 1. The molecular formula is C18H26O3. The summed E-state index contributed by atoms with van der Waals surface area (Å²) in [5, 5.41) is 0. The Bertz CT molecular complexity index is 439. The monoisotopic (exact) mass is 290 g/mol. The van der Waals surface area contributed by atoms with Crippen LogP contribution in [0.1, 0.15) is 57.9 Å². The zero-order valence-electron chi connectivity index (χ0n) is 13.3. The summed E-state index contributed by atoms with van der Waals surface area (Å²) in [6.45, 7) is 6.10. The third kappa shape index (κ3) is 6.11. The van der Waals surface area contributed by atoms with E-state index in [1.54, 1.807) is 6.92 Å². The summed E-state index contributed by atoms with van der Waals surface area (Å²) in [6.07, 6.45) is 3.21. The molecule has 21 heavy (non-hydrogen) atoms. The number of ether oxygens (including phenoxy) is 1. The van der Waals surface area contributed by atoms with E-state index in [2.05, 4.69) is 6.92 Å². The van der Waals surface area contributed by atoms with Crippen LogP contribution >= 0.6 is 0 Å². The Kier molecular flexibility index (Phi) is 7.73. The number of unbranched alkanes of at least 4 members (excludes halogenated alkanes) is 2. The second-order valence-corrected chi connectivity index (χ2v) is 5.55. The van der Waals surface area contributed by atoms with E-state index in [4.69, 9.17) is 4.74 Å². The van der Waals surface area contributed by atoms with Crippen molar-refractivity contribution in [2.75, 3.05) is 6.61 Å². The van der Waals surface area contributed by atoms with Gasteiger partial charge in [0.1, 0.15) is 5.78 Å². The van der Waals surface area contributed by atoms with Gasteiger partial charge >= 0.3 is 5.97 Å². The molecule has 1 rings (SSSR count). The van der Waals surface area contributed by atoms with Gasteiger partial charge < -0.3 is 4.74 Å². The van der Waals surface area contributed by atoms with Crippen molar-refractivity contribution in [1.29, 1.82) is 0 Å². The number of hydrogen-bond donors (Lipinski definition) is 0. The molecule has 0 bridgehead atoms. The highest BCUT2D eigenvalue weighted by molar-refractivity contribution is 5.84. The number of benzene rings is 1. The number of ketones is 1. The van der Waals surface area contributed by atoms with Crippen molar-refractivity contribution in [2.45, 2.75) is 52.4 Å². The maximum absolute atomic E-state index is 11.9. The van der Waals surface area contributed by atoms with Crippen molar-refractivity contribution < 1.29 is 14.3 Å². The molecule has 0 spiro atoms. The van der Waals surface area contributed by atoms with Gasteiger partial charge in [-0.2, -0.15) is 0 Å². The molecule has 0 saturated carbocycles. The van der Waals surface area contributed by atoms with Crippen LogP contribution in [0, 0.1) is 5.92 Å². The first-order chi connectivity index (χ1) is 10.1. The van der Waals surface area contributed by atoms with Crippen LogP contribution in [0.5, 0.6) is 0 Å². The SMILES string of the molecule is CCCCCOC(=O)CC(C(C)=O)C(C)c1ccccc1. The van der Waals surface area contributed by atoms with Crippen LogP contribution in [0.25, 0.3) is 0 Å². The molecule has 0 radical (unpaired) electrons. The molecule has 0 aliphatic carbocycles. The van der Waals surface area contributed by atoms with E-state index in [0.717, 1.165) is 24.8 Å². The van der Waals surface area contributed by atoms with Crippen molar-refractivity contribution in [3.63, 3.8) is 0 Å². The molecule has 0 aromatic heterocycles. The topological polar surface area (TPSA) is 43.4 Å². The fourth-order valence-corrected chi connectivity index (χ4v) is 2.44. The predicted molar refractivity (Wildman–Crippen MR) is 84.1 cm³/mol. The van der Waals surface area contributed by atoms with Gasteiger partial charge in [0.05, 0.1) is 13.0 Å². The molecule has 2 unspecified atom stereocenters. The zero-order valence-corrected chi connectivity index (χ0v) is 13.3. The van der Waals surface area contributed by atoms with Gasteiger partial charge in [0.2, 0.25) is 0 Å². The first-order valence-electron chi connectivity index (χ1n) is 7.77. The molecule has 0 heterocycles. The fraction of sp³-hybridized carbons (Fsp3) is 0.556. The van der Waals surface area contributed by atoms with Gasteiger partial charge in [0.25, 0.3) is 0 Å². The largest absolute Gasteiger partial charge is 0.466 e. The molecule has 0 aliphatic rings. The predicted octanol–water partition coefficient (Wildman–Crippen LogP) is 4.12. The second kappa shape index (κ2) is 9.32. The van der Waals surface area contributed by atoms with Crippen LogP contribution in [0.3, 0.4) is 0 Å². The van der Waals surface area contributed by atoms with Crippen LogP contribution in [-0.4, -0.2) is 18.4 Å². The van der Waals surface area contributed by atoms with Crippen molar-refractivity contribution in [3.05, 3.63) is 35.9 Å². The first-order valence-corrected chi connectivity index (χ1v) is 7.77. The highest BCUT2D eigenvalue weighted by atomic mass is 16.5. The number of carbonyl (C=O) groups excluding carboxylic acids is 2. The lowest BCUT2D eigenvalue weighted by molar-refractivity contribution is -0.146. The van der Waals surface area contributed by atoms with E-state index in [9.17, 15) is 9.59 Å². The lowest BCUT2D eigenvalue weighted by Gasteiger charge is -2.21. The third-order valence-electron chi connectivity index (χ3n) is 3.85. The van der Waals surface area contributed by atoms with Gasteiger partial charge in [-0.3, -0.25) is 9.59 Å². The van der Waals surface area contributed by atoms with Crippen LogP contribution in [0.4, 0.5) is 0 Å². The van der Waals surface area contributed by atoms with Gasteiger partial charge in [-0.25, -0.2) is 0 Å². The summed E-state index contributed by atoms with van der Waals surface area (Å²) in [6, 6.07) is 9.83. The number of esters is 1. The van der Waals surface area contributed by atoms with E-state index in [1.807, 2.05) is 37.3 Å². The van der Waals surface area contributed by atoms with E-state index in [-0.39, 0.29) is 30.0 Å². The van der Waals surface area contributed by atoms with Gasteiger partial charge in [-0.1, -0.05) is 57.0 Å². The average molecular weight is 290 g/mol. The Morgan fingerprint density at radius 3 is 2.38 bits per heavy atom. The molecule has 0 N–H and O–H groups in total. The quantitative estimate of drug-likeness (QED) is 0.507. The lowest BCUT2D eigenvalue weighted by Crippen LogP contribution is -2.23. The summed E-state index contributed by atoms with van der Waals surface area (Å²) >= 11 is 0. The number of hydrogen-bond acceptors (Lipinski definition) is 3. The van der Waals surface area contributed by atoms with Crippen molar-refractivity contribution in [1.82, 2.24) is 0 Å². The highest BCUT2D eigenvalue weighted by Gasteiger charge is 2.26. The molecular weight excluding hydrogens is 264 g/mol. The molecule has 3 nitrogen and oxygen atoms in total. The minimum Gasteiger partial charge on any atom is -0.466 e. The average Bonchev–Trinajstić information content (AvgIpc) is 2.49.